The number of hydrogen-bond acceptors (Lipinski definition) is 4. The van der Waals surface area contributed by atoms with Gasteiger partial charge in [-0.3, -0.25) is 0 Å². The number of hydrogen-bond donors (Lipinski definition) is 1. The van der Waals surface area contributed by atoms with Gasteiger partial charge in [0, 0.05) is 21.5 Å². The van der Waals surface area contributed by atoms with Crippen LogP contribution in [0.3, 0.4) is 0 Å². The molecule has 3 rings (SSSR count). The molecule has 2 nitrogen and oxygen atoms in total. The van der Waals surface area contributed by atoms with E-state index in [1.807, 2.05) is 13.0 Å². The van der Waals surface area contributed by atoms with Gasteiger partial charge in [0.1, 0.15) is 0 Å². The van der Waals surface area contributed by atoms with E-state index in [0.717, 1.165) is 26.3 Å². The van der Waals surface area contributed by atoms with Crippen LogP contribution in [0.5, 0.6) is 0 Å². The van der Waals surface area contributed by atoms with E-state index in [4.69, 9.17) is 11.6 Å². The second-order valence-electron chi connectivity index (χ2n) is 4.84. The van der Waals surface area contributed by atoms with Crippen LogP contribution in [0, 0.1) is 6.92 Å². The van der Waals surface area contributed by atoms with E-state index in [1.54, 1.807) is 22.7 Å². The zero-order chi connectivity index (χ0) is 14.8. The minimum absolute atomic E-state index is 0.245. The molecule has 3 aromatic rings. The maximum absolute atomic E-state index is 5.98. The third-order valence-electron chi connectivity index (χ3n) is 3.20. The highest BCUT2D eigenvalue weighted by Gasteiger charge is 2.08. The van der Waals surface area contributed by atoms with Crippen molar-refractivity contribution in [2.24, 2.45) is 0 Å². The van der Waals surface area contributed by atoms with Gasteiger partial charge in [-0.25, -0.2) is 4.98 Å². The van der Waals surface area contributed by atoms with Gasteiger partial charge in [0.15, 0.2) is 0 Å². The van der Waals surface area contributed by atoms with Crippen LogP contribution in [-0.4, -0.2) is 4.98 Å². The van der Waals surface area contributed by atoms with E-state index in [1.165, 1.54) is 4.88 Å². The normalized spacial score (nSPS) is 12.3. The fraction of sp³-hybridized carbons (Fsp3) is 0.188. The Morgan fingerprint density at radius 2 is 1.90 bits per heavy atom. The molecular formula is C16H15ClN2S2. The largest absolute Gasteiger partial charge is 0.378 e. The molecule has 0 radical (unpaired) electrons. The molecule has 0 saturated carbocycles. The lowest BCUT2D eigenvalue weighted by atomic mass is 10.1. The molecule has 0 spiro atoms. The van der Waals surface area contributed by atoms with Crippen molar-refractivity contribution in [2.75, 3.05) is 5.32 Å². The first-order chi connectivity index (χ1) is 10.1. The van der Waals surface area contributed by atoms with Crippen molar-refractivity contribution in [3.63, 3.8) is 0 Å². The fourth-order valence-electron chi connectivity index (χ4n) is 2.12. The number of nitrogens with zero attached hydrogens (tertiary/aromatic N) is 1. The molecule has 0 fully saturated rings. The van der Waals surface area contributed by atoms with Crippen LogP contribution in [0.2, 0.25) is 4.34 Å². The number of anilines is 1. The molecule has 1 atom stereocenters. The number of aromatic nitrogens is 1. The predicted molar refractivity (Wildman–Crippen MR) is 93.7 cm³/mol. The van der Waals surface area contributed by atoms with Gasteiger partial charge in [0.25, 0.3) is 0 Å². The van der Waals surface area contributed by atoms with Crippen LogP contribution >= 0.6 is 34.3 Å². The molecule has 0 amide bonds. The molecule has 0 saturated heterocycles. The van der Waals surface area contributed by atoms with E-state index >= 15 is 0 Å². The summed E-state index contributed by atoms with van der Waals surface area (Å²) in [7, 11) is 0. The monoisotopic (exact) mass is 334 g/mol. The van der Waals surface area contributed by atoms with Gasteiger partial charge in [0.2, 0.25) is 0 Å². The van der Waals surface area contributed by atoms with Crippen LogP contribution in [0.4, 0.5) is 5.69 Å². The Morgan fingerprint density at radius 3 is 2.48 bits per heavy atom. The minimum atomic E-state index is 0.245. The Hall–Kier alpha value is -1.36. The van der Waals surface area contributed by atoms with Gasteiger partial charge < -0.3 is 5.32 Å². The topological polar surface area (TPSA) is 24.9 Å². The maximum Gasteiger partial charge on any atom is 0.0932 e. The van der Waals surface area contributed by atoms with Crippen molar-refractivity contribution in [3.8, 4) is 11.3 Å². The zero-order valence-corrected chi connectivity index (χ0v) is 14.1. The first-order valence-corrected chi connectivity index (χ1v) is 8.73. The van der Waals surface area contributed by atoms with Crippen molar-refractivity contribution in [2.45, 2.75) is 19.9 Å². The van der Waals surface area contributed by atoms with Crippen molar-refractivity contribution in [1.29, 1.82) is 0 Å². The minimum Gasteiger partial charge on any atom is -0.378 e. The molecule has 0 aliphatic carbocycles. The maximum atomic E-state index is 5.98. The number of thiophene rings is 1. The summed E-state index contributed by atoms with van der Waals surface area (Å²) >= 11 is 9.27. The van der Waals surface area contributed by atoms with Crippen molar-refractivity contribution < 1.29 is 0 Å². The summed E-state index contributed by atoms with van der Waals surface area (Å²) < 4.78 is 0.827. The Bertz CT molecular complexity index is 731. The second-order valence-corrected chi connectivity index (χ2v) is 7.65. The molecule has 21 heavy (non-hydrogen) atoms. The summed E-state index contributed by atoms with van der Waals surface area (Å²) in [4.78, 5) is 5.74. The smallest absolute Gasteiger partial charge is 0.0932 e. The molecular weight excluding hydrogens is 320 g/mol. The van der Waals surface area contributed by atoms with E-state index in [0.29, 0.717) is 0 Å². The summed E-state index contributed by atoms with van der Waals surface area (Å²) in [5, 5.41) is 6.67. The van der Waals surface area contributed by atoms with Gasteiger partial charge >= 0.3 is 0 Å². The summed E-state index contributed by atoms with van der Waals surface area (Å²) in [6.07, 6.45) is 0. The lowest BCUT2D eigenvalue weighted by molar-refractivity contribution is 0.908. The number of halogens is 1. The van der Waals surface area contributed by atoms with Gasteiger partial charge in [0.05, 0.1) is 21.1 Å². The number of nitrogens with one attached hydrogen (secondary N) is 1. The average molecular weight is 335 g/mol. The summed E-state index contributed by atoms with van der Waals surface area (Å²) in [5.74, 6) is 0. The molecule has 108 valence electrons. The van der Waals surface area contributed by atoms with Crippen LogP contribution in [0.15, 0.2) is 41.8 Å². The summed E-state index contributed by atoms with van der Waals surface area (Å²) in [6.45, 7) is 4.16. The number of aryl methyl sites for hydroxylation is 1. The highest BCUT2D eigenvalue weighted by molar-refractivity contribution is 7.16. The zero-order valence-electron chi connectivity index (χ0n) is 11.8. The van der Waals surface area contributed by atoms with Crippen LogP contribution in [0.25, 0.3) is 11.3 Å². The first kappa shape index (κ1) is 14.6. The Labute approximate surface area is 137 Å². The highest BCUT2D eigenvalue weighted by atomic mass is 35.5. The molecule has 0 aliphatic rings. The predicted octanol–water partition coefficient (Wildman–Crippen LogP) is 6.01. The van der Waals surface area contributed by atoms with E-state index in [2.05, 4.69) is 52.9 Å². The average Bonchev–Trinajstić information content (AvgIpc) is 3.08. The van der Waals surface area contributed by atoms with Gasteiger partial charge in [-0.2, -0.15) is 0 Å². The Kier molecular flexibility index (Phi) is 4.29. The highest BCUT2D eigenvalue weighted by Crippen LogP contribution is 2.30. The molecule has 2 aromatic heterocycles. The SMILES string of the molecule is Cc1nc(-c2ccc(NC(C)c3ccc(Cl)s3)cc2)cs1. The molecule has 5 heteroatoms. The number of rotatable bonds is 4. The van der Waals surface area contributed by atoms with Crippen LogP contribution in [-0.2, 0) is 0 Å². The van der Waals surface area contributed by atoms with Crippen molar-refractivity contribution >= 4 is 40.0 Å². The van der Waals surface area contributed by atoms with Crippen LogP contribution < -0.4 is 5.32 Å². The number of thiazole rings is 1. The number of benzene rings is 1. The standard InChI is InChI=1S/C16H15ClN2S2/c1-10(15-7-8-16(17)21-15)18-13-5-3-12(4-6-13)14-9-20-11(2)19-14/h3-10,18H,1-2H3. The molecule has 0 aliphatic heterocycles. The second kappa shape index (κ2) is 6.18. The third-order valence-corrected chi connectivity index (χ3v) is 5.39. The Morgan fingerprint density at radius 1 is 1.14 bits per heavy atom. The van der Waals surface area contributed by atoms with Gasteiger partial charge in [-0.05, 0) is 38.1 Å². The third kappa shape index (κ3) is 3.46. The van der Waals surface area contributed by atoms with E-state index in [-0.39, 0.29) is 6.04 Å². The molecule has 1 unspecified atom stereocenters. The Balaban J connectivity index is 1.72. The fourth-order valence-corrected chi connectivity index (χ4v) is 3.80. The van der Waals surface area contributed by atoms with Crippen molar-refractivity contribution in [1.82, 2.24) is 4.98 Å². The molecule has 2 heterocycles. The molecule has 1 N–H and O–H groups in total. The lowest BCUT2D eigenvalue weighted by Gasteiger charge is -2.13. The van der Waals surface area contributed by atoms with E-state index < -0.39 is 0 Å². The molecule has 0 bridgehead atoms. The van der Waals surface area contributed by atoms with Gasteiger partial charge in [-0.15, -0.1) is 22.7 Å². The lowest BCUT2D eigenvalue weighted by Crippen LogP contribution is -2.04. The quantitative estimate of drug-likeness (QED) is 0.632. The first-order valence-electron chi connectivity index (χ1n) is 6.66. The summed E-state index contributed by atoms with van der Waals surface area (Å²) in [5.41, 5.74) is 3.29. The summed E-state index contributed by atoms with van der Waals surface area (Å²) in [6, 6.07) is 12.6. The van der Waals surface area contributed by atoms with Crippen molar-refractivity contribution in [3.05, 3.63) is 56.0 Å². The molecule has 1 aromatic carbocycles. The van der Waals surface area contributed by atoms with Gasteiger partial charge in [-0.1, -0.05) is 23.7 Å². The van der Waals surface area contributed by atoms with Crippen LogP contribution in [0.1, 0.15) is 22.9 Å². The van der Waals surface area contributed by atoms with E-state index in [9.17, 15) is 0 Å².